The highest BCUT2D eigenvalue weighted by molar-refractivity contribution is 5.85. The smallest absolute Gasteiger partial charge is 0.330 e. The molecule has 1 unspecified atom stereocenters. The lowest BCUT2D eigenvalue weighted by Gasteiger charge is -2.53. The van der Waals surface area contributed by atoms with E-state index in [4.69, 9.17) is 19.3 Å². The molecule has 1 saturated carbocycles. The maximum Gasteiger partial charge on any atom is 0.330 e. The molecule has 3 heterocycles. The Bertz CT molecular complexity index is 787. The monoisotopic (exact) mass is 418 g/mol. The van der Waals surface area contributed by atoms with Crippen LogP contribution in [0.25, 0.3) is 0 Å². The summed E-state index contributed by atoms with van der Waals surface area (Å²) in [6.45, 7) is 2.94. The van der Waals surface area contributed by atoms with Gasteiger partial charge in [-0.25, -0.2) is 9.18 Å². The van der Waals surface area contributed by atoms with Crippen molar-refractivity contribution >= 4 is 5.97 Å². The number of rotatable bonds is 7. The fourth-order valence-electron chi connectivity index (χ4n) is 4.99. The summed E-state index contributed by atoms with van der Waals surface area (Å²) in [6.07, 6.45) is 9.79. The van der Waals surface area contributed by atoms with Gasteiger partial charge in [-0.05, 0) is 81.4 Å². The van der Waals surface area contributed by atoms with E-state index >= 15 is 0 Å². The molecule has 5 nitrogen and oxygen atoms in total. The number of carboxylic acid groups (broad SMARTS) is 1. The number of hydrogen-bond donors (Lipinski definition) is 1. The summed E-state index contributed by atoms with van der Waals surface area (Å²) in [5, 5.41) is 9.01. The lowest BCUT2D eigenvalue weighted by atomic mass is 9.62. The Morgan fingerprint density at radius 1 is 1.27 bits per heavy atom. The van der Waals surface area contributed by atoms with E-state index in [2.05, 4.69) is 0 Å². The van der Waals surface area contributed by atoms with Gasteiger partial charge in [-0.3, -0.25) is 0 Å². The van der Waals surface area contributed by atoms with Gasteiger partial charge in [-0.15, -0.1) is 0 Å². The van der Waals surface area contributed by atoms with Gasteiger partial charge < -0.3 is 19.3 Å². The summed E-state index contributed by atoms with van der Waals surface area (Å²) in [5.41, 5.74) is 0.882. The van der Waals surface area contributed by atoms with Gasteiger partial charge in [0, 0.05) is 18.1 Å². The quantitative estimate of drug-likeness (QED) is 0.607. The maximum atomic E-state index is 14.4. The predicted octanol–water partition coefficient (Wildman–Crippen LogP) is 5.33. The molecule has 1 N–H and O–H groups in total. The van der Waals surface area contributed by atoms with E-state index in [0.29, 0.717) is 24.5 Å². The molecule has 0 amide bonds. The van der Waals surface area contributed by atoms with Crippen LogP contribution in [-0.2, 0) is 19.9 Å². The van der Waals surface area contributed by atoms with Gasteiger partial charge in [0.05, 0.1) is 18.8 Å². The first-order valence-corrected chi connectivity index (χ1v) is 11.0. The van der Waals surface area contributed by atoms with Crippen LogP contribution in [0.2, 0.25) is 0 Å². The third-order valence-electron chi connectivity index (χ3n) is 7.04. The minimum Gasteiger partial charge on any atom is -0.478 e. The number of halogens is 1. The molecule has 0 spiro atoms. The van der Waals surface area contributed by atoms with Crippen LogP contribution in [0, 0.1) is 11.2 Å². The van der Waals surface area contributed by atoms with E-state index < -0.39 is 11.6 Å². The number of benzene rings is 1. The first kappa shape index (κ1) is 21.3. The summed E-state index contributed by atoms with van der Waals surface area (Å²) in [4.78, 5) is 11.0. The highest BCUT2D eigenvalue weighted by Gasteiger charge is 2.50. The van der Waals surface area contributed by atoms with Crippen molar-refractivity contribution in [1.29, 1.82) is 0 Å². The largest absolute Gasteiger partial charge is 0.478 e. The number of allylic oxidation sites excluding steroid dienone is 1. The highest BCUT2D eigenvalue weighted by atomic mass is 19.1. The van der Waals surface area contributed by atoms with E-state index in [9.17, 15) is 9.18 Å². The number of fused-ring (bicyclic) bond motifs is 3. The minimum atomic E-state index is -0.863. The molecule has 1 aliphatic carbocycles. The van der Waals surface area contributed by atoms with E-state index in [1.807, 2.05) is 6.07 Å². The molecule has 1 atom stereocenters. The van der Waals surface area contributed by atoms with Crippen LogP contribution in [0.5, 0.6) is 5.75 Å². The van der Waals surface area contributed by atoms with Crippen molar-refractivity contribution in [3.8, 4) is 5.75 Å². The standard InChI is InChI=1S/C24H31FO5/c1-17(22(26)27)5-4-7-23-8-10-24(11-9-23,29-16-23)18-13-19(25)15-20(14-18)30-21-6-2-3-12-28-21/h5,13-15,21H,2-4,6-12,16H2,1H3,(H,26,27)/b17-5+. The normalized spacial score (nSPS) is 31.5. The van der Waals surface area contributed by atoms with Gasteiger partial charge in [0.2, 0.25) is 0 Å². The van der Waals surface area contributed by atoms with Gasteiger partial charge in [0.15, 0.2) is 6.29 Å². The number of aliphatic carboxylic acids is 1. The van der Waals surface area contributed by atoms with Crippen LogP contribution < -0.4 is 4.74 Å². The van der Waals surface area contributed by atoms with E-state index in [1.165, 1.54) is 6.07 Å². The molecule has 1 aromatic rings. The molecule has 4 aliphatic rings. The predicted molar refractivity (Wildman–Crippen MR) is 110 cm³/mol. The van der Waals surface area contributed by atoms with Crippen molar-refractivity contribution in [2.75, 3.05) is 13.2 Å². The molecular formula is C24H31FO5. The summed E-state index contributed by atoms with van der Waals surface area (Å²) in [5.74, 6) is -0.669. The fraction of sp³-hybridized carbons (Fsp3) is 0.625. The molecule has 2 bridgehead atoms. The first-order valence-electron chi connectivity index (χ1n) is 11.0. The molecule has 1 aromatic carbocycles. The van der Waals surface area contributed by atoms with Crippen LogP contribution >= 0.6 is 0 Å². The molecule has 164 valence electrons. The Balaban J connectivity index is 1.42. The Labute approximate surface area is 177 Å². The van der Waals surface area contributed by atoms with E-state index in [1.54, 1.807) is 19.1 Å². The topological polar surface area (TPSA) is 65.0 Å². The van der Waals surface area contributed by atoms with Crippen molar-refractivity contribution in [1.82, 2.24) is 0 Å². The summed E-state index contributed by atoms with van der Waals surface area (Å²) < 4.78 is 32.3. The van der Waals surface area contributed by atoms with Crippen molar-refractivity contribution in [2.45, 2.75) is 76.6 Å². The molecular weight excluding hydrogens is 387 g/mol. The van der Waals surface area contributed by atoms with Gasteiger partial charge >= 0.3 is 5.97 Å². The first-order chi connectivity index (χ1) is 14.4. The zero-order chi connectivity index (χ0) is 21.2. The summed E-state index contributed by atoms with van der Waals surface area (Å²) >= 11 is 0. The Hall–Kier alpha value is -1.92. The van der Waals surface area contributed by atoms with Gasteiger partial charge in [-0.1, -0.05) is 6.08 Å². The lowest BCUT2D eigenvalue weighted by molar-refractivity contribution is -0.191. The SMILES string of the molecule is C/C(=C\CCC12CCC(c3cc(F)cc(OC4CCCCO4)c3)(CC1)OC2)C(=O)O. The van der Waals surface area contributed by atoms with Crippen LogP contribution in [0.15, 0.2) is 29.8 Å². The second-order valence-electron chi connectivity index (χ2n) is 9.10. The van der Waals surface area contributed by atoms with Gasteiger partial charge in [0.25, 0.3) is 0 Å². The molecule has 5 rings (SSSR count). The minimum absolute atomic E-state index is 0.0969. The Morgan fingerprint density at radius 2 is 2.07 bits per heavy atom. The molecule has 6 heteroatoms. The summed E-state index contributed by atoms with van der Waals surface area (Å²) in [7, 11) is 0. The molecule has 30 heavy (non-hydrogen) atoms. The average molecular weight is 419 g/mol. The third kappa shape index (κ3) is 4.54. The van der Waals surface area contributed by atoms with Crippen LogP contribution in [0.3, 0.4) is 0 Å². The van der Waals surface area contributed by atoms with Crippen molar-refractivity contribution in [2.24, 2.45) is 5.41 Å². The number of ether oxygens (including phenoxy) is 3. The zero-order valence-electron chi connectivity index (χ0n) is 17.6. The number of carbonyl (C=O) groups is 1. The molecule has 0 radical (unpaired) electrons. The molecule has 0 aromatic heterocycles. The number of carboxylic acids is 1. The second-order valence-corrected chi connectivity index (χ2v) is 9.10. The van der Waals surface area contributed by atoms with Crippen LogP contribution in [0.1, 0.15) is 70.3 Å². The Kier molecular flexibility index (Phi) is 6.16. The fourth-order valence-corrected chi connectivity index (χ4v) is 4.99. The average Bonchev–Trinajstić information content (AvgIpc) is 2.75. The third-order valence-corrected chi connectivity index (χ3v) is 7.04. The van der Waals surface area contributed by atoms with Crippen LogP contribution in [0.4, 0.5) is 4.39 Å². The highest BCUT2D eigenvalue weighted by Crippen LogP contribution is 2.55. The van der Waals surface area contributed by atoms with Gasteiger partial charge in [0.1, 0.15) is 11.6 Å². The van der Waals surface area contributed by atoms with Crippen molar-refractivity contribution in [3.63, 3.8) is 0 Å². The summed E-state index contributed by atoms with van der Waals surface area (Å²) in [6, 6.07) is 4.91. The molecule has 4 fully saturated rings. The number of hydrogen-bond acceptors (Lipinski definition) is 4. The van der Waals surface area contributed by atoms with E-state index in [0.717, 1.165) is 63.4 Å². The zero-order valence-corrected chi connectivity index (χ0v) is 17.6. The lowest BCUT2D eigenvalue weighted by Crippen LogP contribution is -2.49. The van der Waals surface area contributed by atoms with E-state index in [-0.39, 0.29) is 17.5 Å². The molecule has 3 aliphatic heterocycles. The maximum absolute atomic E-state index is 14.4. The van der Waals surface area contributed by atoms with Gasteiger partial charge in [-0.2, -0.15) is 0 Å². The molecule has 3 saturated heterocycles. The van der Waals surface area contributed by atoms with Crippen molar-refractivity contribution < 1.29 is 28.5 Å². The second kappa shape index (κ2) is 8.67. The van der Waals surface area contributed by atoms with Crippen LogP contribution in [-0.4, -0.2) is 30.6 Å². The Morgan fingerprint density at radius 3 is 2.70 bits per heavy atom. The van der Waals surface area contributed by atoms with Crippen molar-refractivity contribution in [3.05, 3.63) is 41.2 Å².